The van der Waals surface area contributed by atoms with E-state index < -0.39 is 0 Å². The summed E-state index contributed by atoms with van der Waals surface area (Å²) in [6.07, 6.45) is 0. The molecule has 10 aromatic rings. The molecule has 2 aliphatic rings. The zero-order valence-corrected chi connectivity index (χ0v) is 30.3. The van der Waals surface area contributed by atoms with E-state index in [1.165, 1.54) is 54.1 Å². The average molecular weight is 716 g/mol. The molecule has 0 fully saturated rings. The largest absolute Gasteiger partial charge is 0.456 e. The van der Waals surface area contributed by atoms with E-state index in [9.17, 15) is 0 Å². The number of para-hydroxylation sites is 3. The highest BCUT2D eigenvalue weighted by atomic mass is 16.5. The van der Waals surface area contributed by atoms with Crippen LogP contribution in [0.15, 0.2) is 199 Å². The van der Waals surface area contributed by atoms with Crippen LogP contribution in [-0.4, -0.2) is 10.4 Å². The van der Waals surface area contributed by atoms with E-state index in [4.69, 9.17) is 9.73 Å². The van der Waals surface area contributed by atoms with Gasteiger partial charge < -0.3 is 14.6 Å². The minimum Gasteiger partial charge on any atom is -0.456 e. The summed E-state index contributed by atoms with van der Waals surface area (Å²) >= 11 is 0. The SMILES string of the molecule is c1ccc(C2=C3Oc4ccccc4C3NC(c3cc(-c4ccc5c(c4)c4ccccc4n5-c4ccccc4)cc4c5ccccc5c5ccccc5c34)=N2)cc1. The van der Waals surface area contributed by atoms with Gasteiger partial charge in [-0.2, -0.15) is 0 Å². The van der Waals surface area contributed by atoms with Gasteiger partial charge in [0.05, 0.1) is 11.0 Å². The van der Waals surface area contributed by atoms with Crippen LogP contribution in [0.5, 0.6) is 5.75 Å². The van der Waals surface area contributed by atoms with Crippen molar-refractivity contribution in [2.24, 2.45) is 4.99 Å². The van der Waals surface area contributed by atoms with E-state index in [1.807, 2.05) is 18.2 Å². The number of aliphatic imine (C=N–C) groups is 1. The molecule has 0 saturated carbocycles. The molecular formula is C52H33N3O. The van der Waals surface area contributed by atoms with Crippen LogP contribution in [0.1, 0.15) is 22.7 Å². The fourth-order valence-corrected chi connectivity index (χ4v) is 9.13. The summed E-state index contributed by atoms with van der Waals surface area (Å²) in [6, 6.07) is 67.2. The third kappa shape index (κ3) is 4.56. The van der Waals surface area contributed by atoms with Crippen molar-refractivity contribution >= 4 is 65.7 Å². The molecule has 12 rings (SSSR count). The molecule has 1 unspecified atom stereocenters. The third-order valence-corrected chi connectivity index (χ3v) is 11.6. The van der Waals surface area contributed by atoms with Crippen LogP contribution in [-0.2, 0) is 0 Å². The Balaban J connectivity index is 1.16. The fraction of sp³-hybridized carbons (Fsp3) is 0.0192. The molecular weight excluding hydrogens is 683 g/mol. The lowest BCUT2D eigenvalue weighted by Crippen LogP contribution is -2.33. The summed E-state index contributed by atoms with van der Waals surface area (Å²) in [7, 11) is 0. The molecule has 0 aliphatic carbocycles. The van der Waals surface area contributed by atoms with Crippen molar-refractivity contribution < 1.29 is 4.74 Å². The minimum absolute atomic E-state index is 0.181. The van der Waals surface area contributed by atoms with E-state index in [0.717, 1.165) is 56.5 Å². The number of nitrogens with one attached hydrogen (secondary N) is 1. The average Bonchev–Trinajstić information content (AvgIpc) is 3.82. The lowest BCUT2D eigenvalue weighted by Gasteiger charge is -2.26. The number of aromatic nitrogens is 1. The van der Waals surface area contributed by atoms with Crippen LogP contribution < -0.4 is 10.1 Å². The predicted octanol–water partition coefficient (Wildman–Crippen LogP) is 12.8. The zero-order chi connectivity index (χ0) is 36.7. The molecule has 0 radical (unpaired) electrons. The van der Waals surface area contributed by atoms with Crippen LogP contribution in [0.4, 0.5) is 0 Å². The van der Waals surface area contributed by atoms with Crippen molar-refractivity contribution in [2.75, 3.05) is 0 Å². The molecule has 4 heteroatoms. The fourth-order valence-electron chi connectivity index (χ4n) is 9.13. The Morgan fingerprint density at radius 2 is 1.07 bits per heavy atom. The summed E-state index contributed by atoms with van der Waals surface area (Å²) in [5.41, 5.74) is 9.85. The predicted molar refractivity (Wildman–Crippen MR) is 232 cm³/mol. The number of hydrogen-bond acceptors (Lipinski definition) is 3. The minimum atomic E-state index is -0.181. The van der Waals surface area contributed by atoms with Gasteiger partial charge in [0.15, 0.2) is 5.76 Å². The van der Waals surface area contributed by atoms with Crippen molar-refractivity contribution in [3.63, 3.8) is 0 Å². The Hall–Kier alpha value is -7.43. The first kappa shape index (κ1) is 31.0. The van der Waals surface area contributed by atoms with Crippen LogP contribution in [0, 0.1) is 0 Å². The van der Waals surface area contributed by atoms with Crippen LogP contribution in [0.2, 0.25) is 0 Å². The molecule has 2 aliphatic heterocycles. The quantitative estimate of drug-likeness (QED) is 0.184. The highest BCUT2D eigenvalue weighted by Crippen LogP contribution is 2.46. The van der Waals surface area contributed by atoms with Crippen LogP contribution in [0.25, 0.3) is 76.6 Å². The number of ether oxygens (including phenoxy) is 1. The Morgan fingerprint density at radius 1 is 0.464 bits per heavy atom. The van der Waals surface area contributed by atoms with Gasteiger partial charge in [-0.3, -0.25) is 0 Å². The second kappa shape index (κ2) is 12.0. The molecule has 56 heavy (non-hydrogen) atoms. The van der Waals surface area contributed by atoms with Gasteiger partial charge in [0.2, 0.25) is 0 Å². The van der Waals surface area contributed by atoms with Crippen molar-refractivity contribution in [1.29, 1.82) is 0 Å². The Kier molecular flexibility index (Phi) is 6.66. The van der Waals surface area contributed by atoms with Gasteiger partial charge in [-0.05, 0) is 86.6 Å². The topological polar surface area (TPSA) is 38.5 Å². The standard InChI is InChI=1S/C52H33N3O/c1-3-15-32(16-4-1)49-51-50(41-24-12-14-26-47(41)56-51)54-52(53-49)44-31-34(30-43-38-21-8-7-19-36(38)37-20-9-10-23-40(37)48(43)44)33-27-28-46-42(29-33)39-22-11-13-25-45(39)55(46)35-17-5-2-6-18-35/h1-31,50H,(H,53,54). The second-order valence-electron chi connectivity index (χ2n) is 14.7. The molecule has 0 bridgehead atoms. The van der Waals surface area contributed by atoms with Gasteiger partial charge >= 0.3 is 0 Å². The van der Waals surface area contributed by atoms with Gasteiger partial charge in [0, 0.05) is 38.5 Å². The maximum Gasteiger partial charge on any atom is 0.157 e. The number of rotatable bonds is 4. The summed E-state index contributed by atoms with van der Waals surface area (Å²) in [5.74, 6) is 2.52. The van der Waals surface area contributed by atoms with Gasteiger partial charge in [-0.15, -0.1) is 0 Å². The number of fused-ring (bicyclic) bond motifs is 12. The number of benzene rings is 9. The summed E-state index contributed by atoms with van der Waals surface area (Å²) in [5, 5.41) is 13.6. The van der Waals surface area contributed by atoms with Gasteiger partial charge in [-0.1, -0.05) is 140 Å². The smallest absolute Gasteiger partial charge is 0.157 e. The monoisotopic (exact) mass is 715 g/mol. The molecule has 0 saturated heterocycles. The van der Waals surface area contributed by atoms with E-state index in [-0.39, 0.29) is 6.04 Å². The van der Waals surface area contributed by atoms with Gasteiger partial charge in [0.1, 0.15) is 23.3 Å². The molecule has 1 aromatic heterocycles. The van der Waals surface area contributed by atoms with Crippen molar-refractivity contribution in [2.45, 2.75) is 6.04 Å². The maximum atomic E-state index is 6.59. The first-order chi connectivity index (χ1) is 27.8. The molecule has 262 valence electrons. The molecule has 0 spiro atoms. The van der Waals surface area contributed by atoms with Crippen molar-refractivity contribution in [3.05, 3.63) is 211 Å². The Morgan fingerprint density at radius 3 is 1.88 bits per heavy atom. The summed E-state index contributed by atoms with van der Waals surface area (Å²) < 4.78 is 8.96. The molecule has 1 N–H and O–H groups in total. The summed E-state index contributed by atoms with van der Waals surface area (Å²) in [6.45, 7) is 0. The first-order valence-electron chi connectivity index (χ1n) is 19.2. The lowest BCUT2D eigenvalue weighted by molar-refractivity contribution is 0.420. The molecule has 0 amide bonds. The zero-order valence-electron chi connectivity index (χ0n) is 30.3. The van der Waals surface area contributed by atoms with E-state index in [2.05, 4.69) is 180 Å². The van der Waals surface area contributed by atoms with E-state index in [1.54, 1.807) is 0 Å². The van der Waals surface area contributed by atoms with Gasteiger partial charge in [0.25, 0.3) is 0 Å². The number of amidine groups is 1. The van der Waals surface area contributed by atoms with E-state index in [0.29, 0.717) is 0 Å². The molecule has 4 nitrogen and oxygen atoms in total. The molecule has 1 atom stereocenters. The highest BCUT2D eigenvalue weighted by Gasteiger charge is 2.37. The lowest BCUT2D eigenvalue weighted by atomic mass is 9.88. The van der Waals surface area contributed by atoms with Crippen LogP contribution >= 0.6 is 0 Å². The maximum absolute atomic E-state index is 6.59. The Labute approximate surface area is 323 Å². The number of nitrogens with zero attached hydrogens (tertiary/aromatic N) is 2. The normalized spacial score (nSPS) is 14.9. The molecule has 3 heterocycles. The third-order valence-electron chi connectivity index (χ3n) is 11.6. The Bertz CT molecular complexity index is 3300. The van der Waals surface area contributed by atoms with Crippen molar-refractivity contribution in [3.8, 4) is 22.6 Å². The van der Waals surface area contributed by atoms with E-state index >= 15 is 0 Å². The number of hydrogen-bond donors (Lipinski definition) is 1. The highest BCUT2D eigenvalue weighted by molar-refractivity contribution is 6.31. The summed E-state index contributed by atoms with van der Waals surface area (Å²) in [4.78, 5) is 5.50. The first-order valence-corrected chi connectivity index (χ1v) is 19.2. The van der Waals surface area contributed by atoms with Crippen LogP contribution in [0.3, 0.4) is 0 Å². The second-order valence-corrected chi connectivity index (χ2v) is 14.7. The van der Waals surface area contributed by atoms with Crippen molar-refractivity contribution in [1.82, 2.24) is 9.88 Å². The van der Waals surface area contributed by atoms with Gasteiger partial charge in [-0.25, -0.2) is 4.99 Å². The molecule has 9 aromatic carbocycles.